The number of para-hydroxylation sites is 1. The average molecular weight is 413 g/mol. The number of amides is 3. The predicted octanol–water partition coefficient (Wildman–Crippen LogP) is 3.62. The zero-order valence-electron chi connectivity index (χ0n) is 16.7. The van der Waals surface area contributed by atoms with Crippen LogP contribution in [0.2, 0.25) is 0 Å². The van der Waals surface area contributed by atoms with E-state index < -0.39 is 0 Å². The van der Waals surface area contributed by atoms with Crippen LogP contribution in [0, 0.1) is 5.92 Å². The van der Waals surface area contributed by atoms with E-state index in [-0.39, 0.29) is 17.9 Å². The van der Waals surface area contributed by atoms with Crippen LogP contribution in [0.25, 0.3) is 0 Å². The summed E-state index contributed by atoms with van der Waals surface area (Å²) in [6, 6.07) is 9.28. The lowest BCUT2D eigenvalue weighted by Crippen LogP contribution is -2.47. The molecular formula is C22H28N4O2S. The Morgan fingerprint density at radius 3 is 2.79 bits per heavy atom. The Balaban J connectivity index is 1.24. The molecule has 1 fully saturated rings. The van der Waals surface area contributed by atoms with Crippen molar-refractivity contribution in [2.24, 2.45) is 5.92 Å². The minimum absolute atomic E-state index is 0.0449. The third-order valence-corrected chi connectivity index (χ3v) is 6.85. The molecule has 4 rings (SSSR count). The monoisotopic (exact) mass is 412 g/mol. The van der Waals surface area contributed by atoms with Crippen LogP contribution in [0.1, 0.15) is 41.3 Å². The Morgan fingerprint density at radius 2 is 1.97 bits per heavy atom. The molecule has 2 aliphatic rings. The van der Waals surface area contributed by atoms with Crippen LogP contribution < -0.4 is 10.6 Å². The highest BCUT2D eigenvalue weighted by Crippen LogP contribution is 2.26. The standard InChI is InChI=1S/C22H28N4O2S/c27-21(23-13-12-20-25-18-10-4-5-11-19(18)29-20)16-7-6-14-26(15-16)22(28)24-17-8-2-1-3-9-17/h1-3,8-9,16H,4-7,10-15H2,(H,23,27)(H,24,28). The molecule has 1 unspecified atom stereocenters. The van der Waals surface area contributed by atoms with Crippen LogP contribution in [-0.2, 0) is 24.1 Å². The first-order valence-corrected chi connectivity index (χ1v) is 11.4. The fourth-order valence-electron chi connectivity index (χ4n) is 4.05. The van der Waals surface area contributed by atoms with Gasteiger partial charge in [0.1, 0.15) is 0 Å². The van der Waals surface area contributed by atoms with Crippen molar-refractivity contribution >= 4 is 29.0 Å². The summed E-state index contributed by atoms with van der Waals surface area (Å²) < 4.78 is 0. The van der Waals surface area contributed by atoms with E-state index in [2.05, 4.69) is 10.6 Å². The minimum Gasteiger partial charge on any atom is -0.355 e. The lowest BCUT2D eigenvalue weighted by molar-refractivity contribution is -0.126. The topological polar surface area (TPSA) is 74.3 Å². The maximum atomic E-state index is 12.6. The highest BCUT2D eigenvalue weighted by molar-refractivity contribution is 7.11. The second-order valence-corrected chi connectivity index (χ2v) is 8.98. The van der Waals surface area contributed by atoms with Crippen LogP contribution in [0.3, 0.4) is 0 Å². The third-order valence-electron chi connectivity index (χ3n) is 5.63. The quantitative estimate of drug-likeness (QED) is 0.788. The van der Waals surface area contributed by atoms with Crippen LogP contribution in [-0.4, -0.2) is 41.5 Å². The third kappa shape index (κ3) is 5.15. The molecule has 1 aliphatic carbocycles. The molecule has 0 spiro atoms. The van der Waals surface area contributed by atoms with Gasteiger partial charge in [0.25, 0.3) is 0 Å². The maximum Gasteiger partial charge on any atom is 0.321 e. The Bertz CT molecular complexity index is 828. The van der Waals surface area contributed by atoms with Crippen molar-refractivity contribution in [3.05, 3.63) is 45.9 Å². The van der Waals surface area contributed by atoms with Gasteiger partial charge < -0.3 is 15.5 Å². The first-order valence-electron chi connectivity index (χ1n) is 10.5. The van der Waals surface area contributed by atoms with E-state index in [1.54, 1.807) is 16.2 Å². The average Bonchev–Trinajstić information content (AvgIpc) is 3.17. The smallest absolute Gasteiger partial charge is 0.321 e. The summed E-state index contributed by atoms with van der Waals surface area (Å²) in [5, 5.41) is 7.10. The Kier molecular flexibility index (Phi) is 6.44. The van der Waals surface area contributed by atoms with E-state index in [1.807, 2.05) is 30.3 Å². The molecule has 0 radical (unpaired) electrons. The number of urea groups is 1. The van der Waals surface area contributed by atoms with Gasteiger partial charge in [0.15, 0.2) is 0 Å². The minimum atomic E-state index is -0.144. The summed E-state index contributed by atoms with van der Waals surface area (Å²) in [5.41, 5.74) is 2.05. The second-order valence-electron chi connectivity index (χ2n) is 7.81. The van der Waals surface area contributed by atoms with Gasteiger partial charge in [0.05, 0.1) is 16.6 Å². The molecule has 0 saturated carbocycles. The van der Waals surface area contributed by atoms with Crippen molar-refractivity contribution in [2.45, 2.75) is 44.9 Å². The lowest BCUT2D eigenvalue weighted by atomic mass is 9.97. The number of aryl methyl sites for hydroxylation is 2. The number of rotatable bonds is 5. The SMILES string of the molecule is O=C(NCCc1nc2c(s1)CCCC2)C1CCCN(C(=O)Nc2ccccc2)C1. The number of carbonyl (C=O) groups excluding carboxylic acids is 2. The number of carbonyl (C=O) groups is 2. The Labute approximate surface area is 175 Å². The summed E-state index contributed by atoms with van der Waals surface area (Å²) in [5.74, 6) is -0.0988. The highest BCUT2D eigenvalue weighted by Gasteiger charge is 2.28. The van der Waals surface area contributed by atoms with E-state index in [0.717, 1.165) is 42.8 Å². The van der Waals surface area contributed by atoms with E-state index in [9.17, 15) is 9.59 Å². The van der Waals surface area contributed by atoms with Gasteiger partial charge in [-0.05, 0) is 50.7 Å². The van der Waals surface area contributed by atoms with E-state index >= 15 is 0 Å². The molecular weight excluding hydrogens is 384 g/mol. The van der Waals surface area contributed by atoms with Crippen LogP contribution in [0.5, 0.6) is 0 Å². The Hall–Kier alpha value is -2.41. The largest absolute Gasteiger partial charge is 0.355 e. The van der Waals surface area contributed by atoms with E-state index in [1.165, 1.54) is 23.4 Å². The van der Waals surface area contributed by atoms with Gasteiger partial charge in [-0.1, -0.05) is 18.2 Å². The predicted molar refractivity (Wildman–Crippen MR) is 115 cm³/mol. The zero-order chi connectivity index (χ0) is 20.1. The summed E-state index contributed by atoms with van der Waals surface area (Å²) in [7, 11) is 0. The van der Waals surface area contributed by atoms with Crippen molar-refractivity contribution in [3.63, 3.8) is 0 Å². The number of hydrogen-bond acceptors (Lipinski definition) is 4. The van der Waals surface area contributed by atoms with Gasteiger partial charge in [-0.3, -0.25) is 4.79 Å². The molecule has 3 amide bonds. The zero-order valence-corrected chi connectivity index (χ0v) is 17.5. The molecule has 0 bridgehead atoms. The number of anilines is 1. The summed E-state index contributed by atoms with van der Waals surface area (Å²) in [6.45, 7) is 1.76. The van der Waals surface area contributed by atoms with Crippen LogP contribution in [0.4, 0.5) is 10.5 Å². The van der Waals surface area contributed by atoms with E-state index in [4.69, 9.17) is 4.98 Å². The van der Waals surface area contributed by atoms with Crippen LogP contribution in [0.15, 0.2) is 30.3 Å². The molecule has 29 heavy (non-hydrogen) atoms. The fourth-order valence-corrected chi connectivity index (χ4v) is 5.21. The van der Waals surface area contributed by atoms with Gasteiger partial charge in [-0.2, -0.15) is 0 Å². The first-order chi connectivity index (χ1) is 14.2. The normalized spacial score (nSPS) is 18.8. The molecule has 1 atom stereocenters. The summed E-state index contributed by atoms with van der Waals surface area (Å²) >= 11 is 1.80. The molecule has 154 valence electrons. The molecule has 2 aromatic rings. The first kappa shape index (κ1) is 19.9. The van der Waals surface area contributed by atoms with Gasteiger partial charge in [0.2, 0.25) is 5.91 Å². The molecule has 7 heteroatoms. The molecule has 1 aromatic heterocycles. The number of nitrogens with zero attached hydrogens (tertiary/aromatic N) is 2. The number of aromatic nitrogens is 1. The van der Waals surface area contributed by atoms with Crippen molar-refractivity contribution in [1.29, 1.82) is 0 Å². The fraction of sp³-hybridized carbons (Fsp3) is 0.500. The second kappa shape index (κ2) is 9.39. The highest BCUT2D eigenvalue weighted by atomic mass is 32.1. The van der Waals surface area contributed by atoms with Gasteiger partial charge in [0, 0.05) is 36.6 Å². The maximum absolute atomic E-state index is 12.6. The summed E-state index contributed by atoms with van der Waals surface area (Å²) in [6.07, 6.45) is 7.22. The Morgan fingerprint density at radius 1 is 1.14 bits per heavy atom. The molecule has 6 nitrogen and oxygen atoms in total. The van der Waals surface area contributed by atoms with Crippen molar-refractivity contribution in [3.8, 4) is 0 Å². The molecule has 2 N–H and O–H groups in total. The molecule has 1 saturated heterocycles. The number of benzene rings is 1. The van der Waals surface area contributed by atoms with Crippen LogP contribution >= 0.6 is 11.3 Å². The number of hydrogen-bond donors (Lipinski definition) is 2. The number of nitrogens with one attached hydrogen (secondary N) is 2. The van der Waals surface area contributed by atoms with Crippen molar-refractivity contribution < 1.29 is 9.59 Å². The van der Waals surface area contributed by atoms with Gasteiger partial charge in [-0.15, -0.1) is 11.3 Å². The van der Waals surface area contributed by atoms with Crippen molar-refractivity contribution in [2.75, 3.05) is 25.0 Å². The van der Waals surface area contributed by atoms with E-state index in [0.29, 0.717) is 19.6 Å². The summed E-state index contributed by atoms with van der Waals surface area (Å²) in [4.78, 5) is 33.1. The van der Waals surface area contributed by atoms with Gasteiger partial charge in [-0.25, -0.2) is 9.78 Å². The van der Waals surface area contributed by atoms with Gasteiger partial charge >= 0.3 is 6.03 Å². The molecule has 1 aromatic carbocycles. The molecule has 2 heterocycles. The lowest BCUT2D eigenvalue weighted by Gasteiger charge is -2.32. The number of likely N-dealkylation sites (tertiary alicyclic amines) is 1. The number of fused-ring (bicyclic) bond motifs is 1. The number of piperidine rings is 1. The number of thiazole rings is 1. The van der Waals surface area contributed by atoms with Crippen molar-refractivity contribution in [1.82, 2.24) is 15.2 Å². The molecule has 1 aliphatic heterocycles.